The van der Waals surface area contributed by atoms with Crippen LogP contribution in [0.3, 0.4) is 0 Å². The molecule has 0 spiro atoms. The third kappa shape index (κ3) is 3.90. The van der Waals surface area contributed by atoms with Gasteiger partial charge in [0.25, 0.3) is 0 Å². The van der Waals surface area contributed by atoms with Gasteiger partial charge >= 0.3 is 0 Å². The lowest BCUT2D eigenvalue weighted by atomic mass is 9.84. The van der Waals surface area contributed by atoms with Crippen LogP contribution in [0.15, 0.2) is 179 Å². The summed E-state index contributed by atoms with van der Waals surface area (Å²) in [6.07, 6.45) is 0. The topological polar surface area (TPSA) is 26.3 Å². The highest BCUT2D eigenvalue weighted by atomic mass is 16.3. The molecule has 2 heteroatoms. The van der Waals surface area contributed by atoms with Gasteiger partial charge in [0.05, 0.1) is 5.56 Å². The van der Waals surface area contributed by atoms with Crippen LogP contribution in [0.4, 0.5) is 0 Å². The van der Waals surface area contributed by atoms with E-state index >= 15 is 0 Å². The van der Waals surface area contributed by atoms with Crippen molar-refractivity contribution in [2.45, 2.75) is 0 Å². The molecule has 0 aliphatic rings. The van der Waals surface area contributed by atoms with Crippen molar-refractivity contribution >= 4 is 76.2 Å². The highest BCUT2D eigenvalue weighted by Gasteiger charge is 2.25. The second kappa shape index (κ2) is 10.4. The summed E-state index contributed by atoms with van der Waals surface area (Å²) in [5, 5.41) is 11.6. The van der Waals surface area contributed by atoms with Crippen molar-refractivity contribution in [3.63, 3.8) is 0 Å². The molecule has 0 aliphatic carbocycles. The lowest BCUT2D eigenvalue weighted by Gasteiger charge is -2.18. The van der Waals surface area contributed by atoms with Crippen molar-refractivity contribution in [2.75, 3.05) is 0 Å². The zero-order valence-electron chi connectivity index (χ0n) is 27.0. The van der Waals surface area contributed by atoms with Gasteiger partial charge in [-0.3, -0.25) is 0 Å². The van der Waals surface area contributed by atoms with Gasteiger partial charge in [0.1, 0.15) is 22.3 Å². The van der Waals surface area contributed by atoms with Crippen LogP contribution in [-0.2, 0) is 0 Å². The fraction of sp³-hybridized carbons (Fsp3) is 0. The number of rotatable bonds is 3. The van der Waals surface area contributed by atoms with Crippen molar-refractivity contribution in [1.29, 1.82) is 0 Å². The second-order valence-electron chi connectivity index (χ2n) is 13.2. The van der Waals surface area contributed by atoms with Gasteiger partial charge in [-0.05, 0) is 84.9 Å². The van der Waals surface area contributed by atoms with Gasteiger partial charge in [-0.1, -0.05) is 140 Å². The summed E-state index contributed by atoms with van der Waals surface area (Å²) in [7, 11) is 0. The minimum Gasteiger partial charge on any atom is -0.455 e. The average molecular weight is 637 g/mol. The molecule has 50 heavy (non-hydrogen) atoms. The standard InChI is InChI=1S/C48H28O2/c1-2-12-29(13-3-1)30-22-23-32-27-33(25-24-31(32)26-30)44-36-16-4-6-18-38(36)45(39-19-7-5-17-37(39)44)46-47-40(34-14-8-10-20-42(34)49-47)28-41-35-15-9-11-21-43(35)50-48(41)46/h1-28H. The van der Waals surface area contributed by atoms with Crippen molar-refractivity contribution < 1.29 is 8.83 Å². The van der Waals surface area contributed by atoms with Crippen LogP contribution in [0.2, 0.25) is 0 Å². The zero-order chi connectivity index (χ0) is 32.8. The SMILES string of the molecule is c1ccc(-c2ccc3cc(-c4c5ccccc5c(-c5c6oc7ccccc7c6cc6c5oc5ccccc56)c5ccccc45)ccc3c2)cc1. The summed E-state index contributed by atoms with van der Waals surface area (Å²) in [4.78, 5) is 0. The van der Waals surface area contributed by atoms with E-state index in [0.29, 0.717) is 0 Å². The van der Waals surface area contributed by atoms with Crippen LogP contribution < -0.4 is 0 Å². The minimum absolute atomic E-state index is 0.848. The monoisotopic (exact) mass is 636 g/mol. The predicted octanol–water partition coefficient (Wildman–Crippen LogP) is 13.9. The van der Waals surface area contributed by atoms with Gasteiger partial charge in [-0.25, -0.2) is 0 Å². The van der Waals surface area contributed by atoms with Crippen LogP contribution >= 0.6 is 0 Å². The Kier molecular flexibility index (Phi) is 5.70. The summed E-state index contributed by atoms with van der Waals surface area (Å²) in [5.41, 5.74) is 10.4. The molecule has 0 saturated heterocycles. The summed E-state index contributed by atoms with van der Waals surface area (Å²) in [6, 6.07) is 60.8. The Morgan fingerprint density at radius 1 is 0.260 bits per heavy atom. The number of hydrogen-bond acceptors (Lipinski definition) is 2. The van der Waals surface area contributed by atoms with E-state index in [1.807, 2.05) is 12.1 Å². The Labute approximate surface area is 287 Å². The van der Waals surface area contributed by atoms with E-state index < -0.39 is 0 Å². The first kappa shape index (κ1) is 27.3. The predicted molar refractivity (Wildman–Crippen MR) is 210 cm³/mol. The normalized spacial score (nSPS) is 12.0. The molecule has 2 aromatic heterocycles. The molecule has 2 heterocycles. The molecule has 0 N–H and O–H groups in total. The van der Waals surface area contributed by atoms with E-state index in [9.17, 15) is 0 Å². The van der Waals surface area contributed by atoms with Gasteiger partial charge < -0.3 is 8.83 Å². The fourth-order valence-electron chi connectivity index (χ4n) is 8.18. The van der Waals surface area contributed by atoms with Crippen LogP contribution in [0.5, 0.6) is 0 Å². The van der Waals surface area contributed by atoms with Gasteiger partial charge in [0, 0.05) is 27.1 Å². The Morgan fingerprint density at radius 3 is 1.26 bits per heavy atom. The lowest BCUT2D eigenvalue weighted by molar-refractivity contribution is 0.658. The van der Waals surface area contributed by atoms with E-state index in [0.717, 1.165) is 65.8 Å². The van der Waals surface area contributed by atoms with E-state index in [4.69, 9.17) is 8.83 Å². The Bertz CT molecular complexity index is 3000. The summed E-state index contributed by atoms with van der Waals surface area (Å²) in [5.74, 6) is 0. The molecule has 0 atom stereocenters. The quantitative estimate of drug-likeness (QED) is 0.180. The number of furan rings is 2. The first-order valence-electron chi connectivity index (χ1n) is 17.1. The Hall–Kier alpha value is -6.64. The van der Waals surface area contributed by atoms with E-state index in [1.54, 1.807) is 0 Å². The maximum absolute atomic E-state index is 6.78. The summed E-state index contributed by atoms with van der Waals surface area (Å²) < 4.78 is 13.6. The van der Waals surface area contributed by atoms with Crippen molar-refractivity contribution in [2.24, 2.45) is 0 Å². The molecular formula is C48H28O2. The lowest BCUT2D eigenvalue weighted by Crippen LogP contribution is -1.92. The Balaban J connectivity index is 1.24. The fourth-order valence-corrected chi connectivity index (χ4v) is 8.18. The van der Waals surface area contributed by atoms with Gasteiger partial charge in [-0.15, -0.1) is 0 Å². The van der Waals surface area contributed by atoms with Crippen molar-refractivity contribution in [3.05, 3.63) is 170 Å². The number of para-hydroxylation sites is 2. The van der Waals surface area contributed by atoms with E-state index in [-0.39, 0.29) is 0 Å². The smallest absolute Gasteiger partial charge is 0.147 e. The maximum Gasteiger partial charge on any atom is 0.147 e. The molecule has 2 nitrogen and oxygen atoms in total. The van der Waals surface area contributed by atoms with Crippen molar-refractivity contribution in [1.82, 2.24) is 0 Å². The third-order valence-corrected chi connectivity index (χ3v) is 10.4. The van der Waals surface area contributed by atoms with E-state index in [1.165, 1.54) is 43.8 Å². The Morgan fingerprint density at radius 2 is 0.700 bits per heavy atom. The molecule has 0 saturated carbocycles. The van der Waals surface area contributed by atoms with Gasteiger partial charge in [-0.2, -0.15) is 0 Å². The minimum atomic E-state index is 0.848. The molecule has 0 fully saturated rings. The number of benzene rings is 9. The highest BCUT2D eigenvalue weighted by Crippen LogP contribution is 2.50. The number of fused-ring (bicyclic) bond motifs is 9. The van der Waals surface area contributed by atoms with Crippen LogP contribution in [0, 0.1) is 0 Å². The maximum atomic E-state index is 6.78. The first-order valence-corrected chi connectivity index (χ1v) is 17.1. The zero-order valence-corrected chi connectivity index (χ0v) is 27.0. The average Bonchev–Trinajstić information content (AvgIpc) is 3.74. The largest absolute Gasteiger partial charge is 0.455 e. The van der Waals surface area contributed by atoms with Crippen LogP contribution in [-0.4, -0.2) is 0 Å². The highest BCUT2D eigenvalue weighted by molar-refractivity contribution is 6.29. The molecule has 232 valence electrons. The van der Waals surface area contributed by atoms with Crippen molar-refractivity contribution in [3.8, 4) is 33.4 Å². The van der Waals surface area contributed by atoms with Gasteiger partial charge in [0.2, 0.25) is 0 Å². The molecule has 0 amide bonds. The molecule has 0 unspecified atom stereocenters. The first-order chi connectivity index (χ1) is 24.8. The second-order valence-corrected chi connectivity index (χ2v) is 13.2. The third-order valence-electron chi connectivity index (χ3n) is 10.4. The summed E-state index contributed by atoms with van der Waals surface area (Å²) >= 11 is 0. The summed E-state index contributed by atoms with van der Waals surface area (Å²) in [6.45, 7) is 0. The number of hydrogen-bond donors (Lipinski definition) is 0. The molecule has 0 aliphatic heterocycles. The molecule has 11 rings (SSSR count). The molecule has 11 aromatic rings. The molecule has 0 bridgehead atoms. The van der Waals surface area contributed by atoms with Crippen LogP contribution in [0.1, 0.15) is 0 Å². The van der Waals surface area contributed by atoms with Crippen LogP contribution in [0.25, 0.3) is 110 Å². The molecule has 9 aromatic carbocycles. The van der Waals surface area contributed by atoms with Gasteiger partial charge in [0.15, 0.2) is 0 Å². The molecular weight excluding hydrogens is 609 g/mol. The van der Waals surface area contributed by atoms with E-state index in [2.05, 4.69) is 158 Å². The molecule has 0 radical (unpaired) electrons.